The van der Waals surface area contributed by atoms with E-state index >= 15 is 0 Å². The van der Waals surface area contributed by atoms with Crippen LogP contribution in [0.5, 0.6) is 5.75 Å². The molecule has 242 valence electrons. The van der Waals surface area contributed by atoms with Crippen molar-refractivity contribution in [2.45, 2.75) is 52.4 Å². The van der Waals surface area contributed by atoms with Crippen LogP contribution in [0.4, 0.5) is 0 Å². The van der Waals surface area contributed by atoms with Crippen molar-refractivity contribution in [1.82, 2.24) is 9.97 Å². The van der Waals surface area contributed by atoms with Crippen molar-refractivity contribution in [2.24, 2.45) is 0 Å². The van der Waals surface area contributed by atoms with Crippen LogP contribution in [0.25, 0.3) is 66.4 Å². The van der Waals surface area contributed by atoms with Crippen molar-refractivity contribution < 1.29 is 26.2 Å². The molecule has 0 radical (unpaired) electrons. The maximum absolute atomic E-state index is 11.3. The molecule has 0 aliphatic heterocycles. The number of hydrogen-bond donors (Lipinski definition) is 1. The van der Waals surface area contributed by atoms with Gasteiger partial charge in [-0.25, -0.2) is 0 Å². The number of aromatic hydroxyl groups is 1. The van der Waals surface area contributed by atoms with E-state index in [2.05, 4.69) is 102 Å². The van der Waals surface area contributed by atoms with Gasteiger partial charge in [0.15, 0.2) is 0 Å². The van der Waals surface area contributed by atoms with Gasteiger partial charge in [-0.15, -0.1) is 24.3 Å². The standard InChI is InChI=1S/C44H39N2O.Pt/c1-43(2,3)36-19-34(20-37(26-36)44(4,5)6)35-23-40(46-41(24-35)38-21-28-12-7-8-14-30(28)25-42(38)47)32-17-11-16-31(18-32)39-22-29-13-9-10-15-33(29)27-45-39;/h7-17,19-27,47H,1-6H3;/q-1;. The third-order valence-electron chi connectivity index (χ3n) is 8.94. The third kappa shape index (κ3) is 6.71. The Morgan fingerprint density at radius 3 is 1.67 bits per heavy atom. The predicted molar refractivity (Wildman–Crippen MR) is 197 cm³/mol. The molecular formula is C44H39N2OPt-. The molecule has 4 heteroatoms. The molecule has 3 nitrogen and oxygen atoms in total. The van der Waals surface area contributed by atoms with Crippen LogP contribution in [0.2, 0.25) is 0 Å². The SMILES string of the molecule is CC(C)(C)c1cc(-c2cc(-c3[c-]c(-c4cc5ccccc5cn4)ccc3)nc(-c3cc4ccccc4cc3O)c2)cc(C(C)(C)C)c1.[Pt]. The fraction of sp³-hybridized carbons (Fsp3) is 0.182. The number of fused-ring (bicyclic) bond motifs is 2. The van der Waals surface area contributed by atoms with Gasteiger partial charge in [0.2, 0.25) is 0 Å². The number of pyridine rings is 2. The Balaban J connectivity index is 0.00000401. The summed E-state index contributed by atoms with van der Waals surface area (Å²) in [6.45, 7) is 13.6. The minimum atomic E-state index is -0.0275. The van der Waals surface area contributed by atoms with Gasteiger partial charge >= 0.3 is 0 Å². The van der Waals surface area contributed by atoms with Gasteiger partial charge < -0.3 is 5.11 Å². The number of nitrogens with zero attached hydrogens (tertiary/aromatic N) is 2. The number of rotatable bonds is 4. The largest absolute Gasteiger partial charge is 0.507 e. The normalized spacial score (nSPS) is 11.9. The number of phenolic OH excluding ortho intramolecular Hbond substituents is 1. The van der Waals surface area contributed by atoms with Crippen LogP contribution in [-0.4, -0.2) is 15.1 Å². The zero-order valence-electron chi connectivity index (χ0n) is 28.2. The molecule has 0 atom stereocenters. The average Bonchev–Trinajstić information content (AvgIpc) is 3.06. The second kappa shape index (κ2) is 12.8. The summed E-state index contributed by atoms with van der Waals surface area (Å²) in [5.41, 5.74) is 9.49. The van der Waals surface area contributed by atoms with E-state index in [0.717, 1.165) is 55.2 Å². The Labute approximate surface area is 298 Å². The van der Waals surface area contributed by atoms with Crippen molar-refractivity contribution in [3.05, 3.63) is 139 Å². The first-order valence-corrected chi connectivity index (χ1v) is 16.2. The fourth-order valence-corrected chi connectivity index (χ4v) is 6.07. The molecule has 0 spiro atoms. The van der Waals surface area contributed by atoms with Crippen LogP contribution in [-0.2, 0) is 31.9 Å². The molecule has 1 N–H and O–H groups in total. The van der Waals surface area contributed by atoms with Gasteiger partial charge in [0.05, 0.1) is 5.69 Å². The molecule has 0 fully saturated rings. The Morgan fingerprint density at radius 2 is 1.04 bits per heavy atom. The van der Waals surface area contributed by atoms with E-state index in [4.69, 9.17) is 9.97 Å². The van der Waals surface area contributed by atoms with Gasteiger partial charge in [-0.2, -0.15) is 0 Å². The van der Waals surface area contributed by atoms with E-state index in [1.165, 1.54) is 11.1 Å². The van der Waals surface area contributed by atoms with E-state index in [1.807, 2.05) is 66.9 Å². The molecule has 48 heavy (non-hydrogen) atoms. The van der Waals surface area contributed by atoms with Gasteiger partial charge in [-0.3, -0.25) is 9.97 Å². The van der Waals surface area contributed by atoms with E-state index < -0.39 is 0 Å². The van der Waals surface area contributed by atoms with Gasteiger partial charge in [0, 0.05) is 44.2 Å². The molecule has 0 bridgehead atoms. The molecule has 7 aromatic rings. The smallest absolute Gasteiger partial charge is 0.125 e. The summed E-state index contributed by atoms with van der Waals surface area (Å²) >= 11 is 0. The maximum atomic E-state index is 11.3. The molecule has 0 saturated heterocycles. The van der Waals surface area contributed by atoms with E-state index in [1.54, 1.807) is 0 Å². The minimum Gasteiger partial charge on any atom is -0.507 e. The van der Waals surface area contributed by atoms with Crippen LogP contribution in [0, 0.1) is 6.07 Å². The van der Waals surface area contributed by atoms with Crippen molar-refractivity contribution in [2.75, 3.05) is 0 Å². The Morgan fingerprint density at radius 1 is 0.521 bits per heavy atom. The van der Waals surface area contributed by atoms with Crippen LogP contribution in [0.3, 0.4) is 0 Å². The van der Waals surface area contributed by atoms with Crippen LogP contribution < -0.4 is 0 Å². The van der Waals surface area contributed by atoms with E-state index in [-0.39, 0.29) is 37.6 Å². The first kappa shape index (κ1) is 33.3. The number of phenols is 1. The number of benzene rings is 5. The summed E-state index contributed by atoms with van der Waals surface area (Å²) in [6.07, 6.45) is 1.92. The minimum absolute atomic E-state index is 0. The van der Waals surface area contributed by atoms with Crippen LogP contribution >= 0.6 is 0 Å². The summed E-state index contributed by atoms with van der Waals surface area (Å²) < 4.78 is 0. The summed E-state index contributed by atoms with van der Waals surface area (Å²) in [4.78, 5) is 9.95. The summed E-state index contributed by atoms with van der Waals surface area (Å²) in [6, 6.07) is 43.3. The second-order valence-electron chi connectivity index (χ2n) is 14.5. The van der Waals surface area contributed by atoms with Crippen LogP contribution in [0.1, 0.15) is 52.7 Å². The predicted octanol–water partition coefficient (Wildman–Crippen LogP) is 11.5. The van der Waals surface area contributed by atoms with Gasteiger partial charge in [-0.05, 0) is 72.8 Å². The van der Waals surface area contributed by atoms with Gasteiger partial charge in [-0.1, -0.05) is 132 Å². The maximum Gasteiger partial charge on any atom is 0.125 e. The Hall–Kier alpha value is -4.59. The zero-order chi connectivity index (χ0) is 32.9. The molecule has 0 unspecified atom stereocenters. The number of hydrogen-bond acceptors (Lipinski definition) is 3. The average molecular weight is 807 g/mol. The van der Waals surface area contributed by atoms with E-state index in [9.17, 15) is 5.11 Å². The first-order chi connectivity index (χ1) is 22.4. The molecule has 5 aromatic carbocycles. The van der Waals surface area contributed by atoms with Gasteiger partial charge in [0.25, 0.3) is 0 Å². The third-order valence-corrected chi connectivity index (χ3v) is 8.94. The molecular weight excluding hydrogens is 768 g/mol. The molecule has 0 saturated carbocycles. The van der Waals surface area contributed by atoms with Crippen molar-refractivity contribution >= 4 is 21.5 Å². The monoisotopic (exact) mass is 806 g/mol. The Bertz CT molecular complexity index is 2260. The molecule has 0 amide bonds. The zero-order valence-corrected chi connectivity index (χ0v) is 30.5. The fourth-order valence-electron chi connectivity index (χ4n) is 6.07. The molecule has 7 rings (SSSR count). The topological polar surface area (TPSA) is 46.0 Å². The summed E-state index contributed by atoms with van der Waals surface area (Å²) in [5.74, 6) is 0.205. The summed E-state index contributed by atoms with van der Waals surface area (Å²) in [7, 11) is 0. The van der Waals surface area contributed by atoms with Crippen molar-refractivity contribution in [3.8, 4) is 50.6 Å². The van der Waals surface area contributed by atoms with Crippen molar-refractivity contribution in [1.29, 1.82) is 0 Å². The quantitative estimate of drug-likeness (QED) is 0.180. The first-order valence-electron chi connectivity index (χ1n) is 16.2. The van der Waals surface area contributed by atoms with E-state index in [0.29, 0.717) is 11.3 Å². The molecule has 0 aliphatic rings. The number of aromatic nitrogens is 2. The molecule has 0 aliphatic carbocycles. The van der Waals surface area contributed by atoms with Crippen LogP contribution in [0.15, 0.2) is 121 Å². The molecule has 2 aromatic heterocycles. The Kier molecular flexibility index (Phi) is 8.88. The molecule has 2 heterocycles. The second-order valence-corrected chi connectivity index (χ2v) is 14.5. The summed E-state index contributed by atoms with van der Waals surface area (Å²) in [5, 5.41) is 15.6. The van der Waals surface area contributed by atoms with Crippen molar-refractivity contribution in [3.63, 3.8) is 0 Å². The van der Waals surface area contributed by atoms with Gasteiger partial charge in [0.1, 0.15) is 5.75 Å².